The van der Waals surface area contributed by atoms with Crippen LogP contribution in [0.15, 0.2) is 35.4 Å². The molecule has 23 heavy (non-hydrogen) atoms. The molecule has 6 heteroatoms. The number of hydrogen-bond donors (Lipinski definition) is 3. The lowest BCUT2D eigenvalue weighted by atomic mass is 9.92. The number of hydrogen-bond acceptors (Lipinski definition) is 6. The molecule has 0 bridgehead atoms. The maximum Gasteiger partial charge on any atom is 0.231 e. The quantitative estimate of drug-likeness (QED) is 0.741. The van der Waals surface area contributed by atoms with Gasteiger partial charge in [-0.15, -0.1) is 0 Å². The number of nitrogens with one attached hydrogen (secondary N) is 1. The molecule has 3 rings (SSSR count). The summed E-state index contributed by atoms with van der Waals surface area (Å²) in [6, 6.07) is 7.63. The Morgan fingerprint density at radius 1 is 1.00 bits per heavy atom. The Balaban J connectivity index is 2.07. The SMILES string of the molecule is CC(C)c1cc(C(N=N)c2ccc3c(c2)OCO3)c(O)cc1O. The number of rotatable bonds is 4. The maximum absolute atomic E-state index is 10.2. The first-order valence-corrected chi connectivity index (χ1v) is 7.33. The average molecular weight is 314 g/mol. The topological polar surface area (TPSA) is 95.1 Å². The summed E-state index contributed by atoms with van der Waals surface area (Å²) in [5.74, 6) is 1.27. The zero-order valence-electron chi connectivity index (χ0n) is 12.9. The minimum Gasteiger partial charge on any atom is -0.508 e. The van der Waals surface area contributed by atoms with Crippen LogP contribution in [0.4, 0.5) is 0 Å². The molecule has 2 aromatic carbocycles. The van der Waals surface area contributed by atoms with Gasteiger partial charge < -0.3 is 19.7 Å². The molecule has 2 aromatic rings. The lowest BCUT2D eigenvalue weighted by Crippen LogP contribution is -2.00. The number of nitrogens with zero attached hydrogens (tertiary/aromatic N) is 1. The van der Waals surface area contributed by atoms with Crippen LogP contribution >= 0.6 is 0 Å². The van der Waals surface area contributed by atoms with Crippen molar-refractivity contribution in [3.63, 3.8) is 0 Å². The van der Waals surface area contributed by atoms with Crippen LogP contribution in [0.1, 0.15) is 42.5 Å². The number of ether oxygens (including phenoxy) is 2. The summed E-state index contributed by atoms with van der Waals surface area (Å²) in [5.41, 5.74) is 9.42. The van der Waals surface area contributed by atoms with E-state index in [1.54, 1.807) is 24.3 Å². The van der Waals surface area contributed by atoms with Crippen LogP contribution in [0, 0.1) is 5.53 Å². The van der Waals surface area contributed by atoms with E-state index in [1.165, 1.54) is 6.07 Å². The van der Waals surface area contributed by atoms with Crippen LogP contribution in [0.25, 0.3) is 0 Å². The highest BCUT2D eigenvalue weighted by molar-refractivity contribution is 5.52. The van der Waals surface area contributed by atoms with E-state index in [-0.39, 0.29) is 24.2 Å². The Kier molecular flexibility index (Phi) is 3.82. The maximum atomic E-state index is 10.2. The monoisotopic (exact) mass is 314 g/mol. The fourth-order valence-electron chi connectivity index (χ4n) is 2.70. The van der Waals surface area contributed by atoms with Crippen LogP contribution < -0.4 is 9.47 Å². The highest BCUT2D eigenvalue weighted by atomic mass is 16.7. The van der Waals surface area contributed by atoms with E-state index < -0.39 is 6.04 Å². The van der Waals surface area contributed by atoms with E-state index in [9.17, 15) is 10.2 Å². The Labute approximate surface area is 133 Å². The van der Waals surface area contributed by atoms with Gasteiger partial charge in [0.1, 0.15) is 17.5 Å². The van der Waals surface area contributed by atoms with E-state index >= 15 is 0 Å². The van der Waals surface area contributed by atoms with Gasteiger partial charge >= 0.3 is 0 Å². The van der Waals surface area contributed by atoms with Crippen LogP contribution in [0.5, 0.6) is 23.0 Å². The summed E-state index contributed by atoms with van der Waals surface area (Å²) in [5, 5.41) is 23.8. The van der Waals surface area contributed by atoms with Gasteiger partial charge in [-0.3, -0.25) is 0 Å². The minimum absolute atomic E-state index is 0.0377. The molecule has 0 fully saturated rings. The molecule has 0 spiro atoms. The smallest absolute Gasteiger partial charge is 0.231 e. The largest absolute Gasteiger partial charge is 0.508 e. The Morgan fingerprint density at radius 2 is 1.70 bits per heavy atom. The molecule has 0 saturated heterocycles. The highest BCUT2D eigenvalue weighted by Crippen LogP contribution is 2.41. The van der Waals surface area contributed by atoms with Gasteiger partial charge in [0.05, 0.1) is 0 Å². The fraction of sp³-hybridized carbons (Fsp3) is 0.294. The molecule has 0 radical (unpaired) electrons. The van der Waals surface area contributed by atoms with Crippen molar-refractivity contribution >= 4 is 0 Å². The van der Waals surface area contributed by atoms with E-state index in [0.29, 0.717) is 28.2 Å². The summed E-state index contributed by atoms with van der Waals surface area (Å²) in [6.45, 7) is 4.07. The van der Waals surface area contributed by atoms with E-state index in [2.05, 4.69) is 5.11 Å². The molecule has 1 aliphatic rings. The summed E-state index contributed by atoms with van der Waals surface area (Å²) in [6.07, 6.45) is 0. The van der Waals surface area contributed by atoms with Crippen LogP contribution in [-0.4, -0.2) is 17.0 Å². The second-order valence-corrected chi connectivity index (χ2v) is 5.77. The first-order valence-electron chi connectivity index (χ1n) is 7.33. The van der Waals surface area contributed by atoms with E-state index in [4.69, 9.17) is 15.0 Å². The molecular formula is C17H18N2O4. The standard InChI is InChI=1S/C17H18N2O4/c1-9(2)11-6-12(14(21)7-13(11)20)17(19-18)10-3-4-15-16(5-10)23-8-22-15/h3-7,9,17-18,20-21H,8H2,1-2H3. The summed E-state index contributed by atoms with van der Waals surface area (Å²) < 4.78 is 10.6. The van der Waals surface area contributed by atoms with E-state index in [0.717, 1.165) is 0 Å². The molecular weight excluding hydrogens is 296 g/mol. The molecule has 1 heterocycles. The van der Waals surface area contributed by atoms with Crippen LogP contribution in [-0.2, 0) is 0 Å². The highest BCUT2D eigenvalue weighted by Gasteiger charge is 2.23. The van der Waals surface area contributed by atoms with Gasteiger partial charge in [-0.05, 0) is 35.2 Å². The second kappa shape index (κ2) is 5.79. The summed E-state index contributed by atoms with van der Waals surface area (Å²) in [4.78, 5) is 0. The molecule has 0 aromatic heterocycles. The number of benzene rings is 2. The predicted octanol–water partition coefficient (Wildman–Crippen LogP) is 4.07. The molecule has 0 amide bonds. The van der Waals surface area contributed by atoms with Gasteiger partial charge in [-0.1, -0.05) is 19.9 Å². The summed E-state index contributed by atoms with van der Waals surface area (Å²) in [7, 11) is 0. The fourth-order valence-corrected chi connectivity index (χ4v) is 2.70. The van der Waals surface area contributed by atoms with Gasteiger partial charge in [0, 0.05) is 11.6 Å². The molecule has 3 N–H and O–H groups in total. The zero-order chi connectivity index (χ0) is 16.6. The van der Waals surface area contributed by atoms with Gasteiger partial charge in [0.25, 0.3) is 0 Å². The Bertz CT molecular complexity index is 758. The molecule has 0 aliphatic carbocycles. The Morgan fingerprint density at radius 3 is 2.39 bits per heavy atom. The van der Waals surface area contributed by atoms with Gasteiger partial charge in [-0.2, -0.15) is 5.11 Å². The van der Waals surface area contributed by atoms with Gasteiger partial charge in [-0.25, -0.2) is 5.53 Å². The second-order valence-electron chi connectivity index (χ2n) is 5.77. The van der Waals surface area contributed by atoms with Crippen molar-refractivity contribution in [2.75, 3.05) is 6.79 Å². The lowest BCUT2D eigenvalue weighted by Gasteiger charge is -2.17. The number of phenols is 2. The normalized spacial score (nSPS) is 14.0. The van der Waals surface area contributed by atoms with Crippen molar-refractivity contribution in [2.45, 2.75) is 25.8 Å². The molecule has 1 aliphatic heterocycles. The average Bonchev–Trinajstić information content (AvgIpc) is 2.97. The number of fused-ring (bicyclic) bond motifs is 1. The molecule has 1 unspecified atom stereocenters. The van der Waals surface area contributed by atoms with Gasteiger partial charge in [0.15, 0.2) is 11.5 Å². The predicted molar refractivity (Wildman–Crippen MR) is 83.4 cm³/mol. The zero-order valence-corrected chi connectivity index (χ0v) is 12.9. The minimum atomic E-state index is -0.678. The first-order chi connectivity index (χ1) is 11.0. The van der Waals surface area contributed by atoms with Gasteiger partial charge in [0.2, 0.25) is 6.79 Å². The van der Waals surface area contributed by atoms with Crippen molar-refractivity contribution in [1.29, 1.82) is 5.53 Å². The third-order valence-electron chi connectivity index (χ3n) is 3.93. The molecule has 0 saturated carbocycles. The summed E-state index contributed by atoms with van der Waals surface area (Å²) >= 11 is 0. The Hall–Kier alpha value is -2.76. The van der Waals surface area contributed by atoms with Crippen molar-refractivity contribution in [1.82, 2.24) is 0 Å². The molecule has 6 nitrogen and oxygen atoms in total. The molecule has 1 atom stereocenters. The van der Waals surface area contributed by atoms with Crippen molar-refractivity contribution in [3.8, 4) is 23.0 Å². The van der Waals surface area contributed by atoms with Crippen LogP contribution in [0.2, 0.25) is 0 Å². The lowest BCUT2D eigenvalue weighted by molar-refractivity contribution is 0.174. The van der Waals surface area contributed by atoms with Crippen molar-refractivity contribution < 1.29 is 19.7 Å². The molecule has 120 valence electrons. The van der Waals surface area contributed by atoms with Crippen LogP contribution in [0.3, 0.4) is 0 Å². The first kappa shape index (κ1) is 15.1. The van der Waals surface area contributed by atoms with E-state index in [1.807, 2.05) is 13.8 Å². The van der Waals surface area contributed by atoms with Crippen molar-refractivity contribution in [2.24, 2.45) is 5.11 Å². The third kappa shape index (κ3) is 2.67. The number of phenolic OH excluding ortho intramolecular Hbond substituents is 2. The third-order valence-corrected chi connectivity index (χ3v) is 3.93. The number of aromatic hydroxyl groups is 2. The van der Waals surface area contributed by atoms with Crippen molar-refractivity contribution in [3.05, 3.63) is 47.0 Å².